The Morgan fingerprint density at radius 1 is 1.56 bits per heavy atom. The Morgan fingerprint density at radius 3 is 2.69 bits per heavy atom. The zero-order valence-corrected chi connectivity index (χ0v) is 9.16. The highest BCUT2D eigenvalue weighted by molar-refractivity contribution is 6.03. The van der Waals surface area contributed by atoms with E-state index in [0.717, 1.165) is 0 Å². The third kappa shape index (κ3) is 2.36. The van der Waals surface area contributed by atoms with E-state index in [1.807, 2.05) is 0 Å². The van der Waals surface area contributed by atoms with Crippen molar-refractivity contribution < 1.29 is 14.4 Å². The first kappa shape index (κ1) is 12.2. The number of carbonyl (C=O) groups excluding carboxylic acids is 3. The largest absolute Gasteiger partial charge is 0.330 e. The Bertz CT molecular complexity index is 373. The van der Waals surface area contributed by atoms with Crippen LogP contribution in [0.15, 0.2) is 24.8 Å². The molecule has 1 rings (SSSR count). The van der Waals surface area contributed by atoms with Crippen molar-refractivity contribution >= 4 is 17.7 Å². The van der Waals surface area contributed by atoms with E-state index in [9.17, 15) is 14.4 Å². The fraction of sp³-hybridized carbons (Fsp3) is 0.364. The standard InChI is InChI=1S/C11H14N2O3/c1-4-7(2)11(16)13(3)8-5-6-9(14)12-10(8)15/h4,8H,1-2,5-6H2,3H3,(H,12,14,15). The molecule has 0 radical (unpaired) electrons. The first-order valence-corrected chi connectivity index (χ1v) is 4.89. The van der Waals surface area contributed by atoms with Gasteiger partial charge in [-0.05, 0) is 6.42 Å². The fourth-order valence-corrected chi connectivity index (χ4v) is 1.51. The second kappa shape index (κ2) is 4.74. The van der Waals surface area contributed by atoms with Gasteiger partial charge in [-0.15, -0.1) is 0 Å². The van der Waals surface area contributed by atoms with Gasteiger partial charge in [0, 0.05) is 19.0 Å². The van der Waals surface area contributed by atoms with Crippen LogP contribution in [0.2, 0.25) is 0 Å². The summed E-state index contributed by atoms with van der Waals surface area (Å²) >= 11 is 0. The zero-order chi connectivity index (χ0) is 12.3. The molecule has 1 atom stereocenters. The molecular weight excluding hydrogens is 208 g/mol. The van der Waals surface area contributed by atoms with E-state index in [4.69, 9.17) is 0 Å². The lowest BCUT2D eigenvalue weighted by molar-refractivity contribution is -0.142. The lowest BCUT2D eigenvalue weighted by Crippen LogP contribution is -2.53. The predicted octanol–water partition coefficient (Wildman–Crippen LogP) is -0.00780. The summed E-state index contributed by atoms with van der Waals surface area (Å²) in [6.07, 6.45) is 1.93. The summed E-state index contributed by atoms with van der Waals surface area (Å²) < 4.78 is 0. The van der Waals surface area contributed by atoms with E-state index in [0.29, 0.717) is 6.42 Å². The second-order valence-corrected chi connectivity index (χ2v) is 3.61. The van der Waals surface area contributed by atoms with Gasteiger partial charge in [0.25, 0.3) is 5.91 Å². The molecule has 1 aliphatic heterocycles. The molecule has 86 valence electrons. The monoisotopic (exact) mass is 222 g/mol. The SMILES string of the molecule is C=CC(=C)C(=O)N(C)C1CCC(=O)NC1=O. The summed E-state index contributed by atoms with van der Waals surface area (Å²) in [5.41, 5.74) is 0.229. The topological polar surface area (TPSA) is 66.5 Å². The lowest BCUT2D eigenvalue weighted by Gasteiger charge is -2.29. The van der Waals surface area contributed by atoms with E-state index in [1.54, 1.807) is 0 Å². The number of nitrogens with zero attached hydrogens (tertiary/aromatic N) is 1. The smallest absolute Gasteiger partial charge is 0.253 e. The highest BCUT2D eigenvalue weighted by Crippen LogP contribution is 2.13. The fourth-order valence-electron chi connectivity index (χ4n) is 1.51. The number of amides is 3. The Labute approximate surface area is 93.8 Å². The number of hydrogen-bond acceptors (Lipinski definition) is 3. The van der Waals surface area contributed by atoms with Crippen molar-refractivity contribution in [1.29, 1.82) is 0 Å². The van der Waals surface area contributed by atoms with Gasteiger partial charge in [-0.3, -0.25) is 19.7 Å². The first-order valence-electron chi connectivity index (χ1n) is 4.89. The number of piperidine rings is 1. The van der Waals surface area contributed by atoms with E-state index in [-0.39, 0.29) is 23.8 Å². The van der Waals surface area contributed by atoms with E-state index in [2.05, 4.69) is 18.5 Å². The second-order valence-electron chi connectivity index (χ2n) is 3.61. The molecule has 0 bridgehead atoms. The number of nitrogens with one attached hydrogen (secondary N) is 1. The molecule has 0 saturated carbocycles. The number of likely N-dealkylation sites (N-methyl/N-ethyl adjacent to an activating group) is 1. The van der Waals surface area contributed by atoms with Gasteiger partial charge in [0.15, 0.2) is 0 Å². The molecule has 1 fully saturated rings. The summed E-state index contributed by atoms with van der Waals surface area (Å²) in [6.45, 7) is 6.96. The average Bonchev–Trinajstić information content (AvgIpc) is 2.26. The lowest BCUT2D eigenvalue weighted by atomic mass is 10.0. The Balaban J connectivity index is 2.74. The van der Waals surface area contributed by atoms with Crippen LogP contribution in [0.5, 0.6) is 0 Å². The molecule has 1 heterocycles. The molecule has 0 aliphatic carbocycles. The Kier molecular flexibility index (Phi) is 3.60. The van der Waals surface area contributed by atoms with Crippen LogP contribution in [0.25, 0.3) is 0 Å². The maximum atomic E-state index is 11.7. The zero-order valence-electron chi connectivity index (χ0n) is 9.16. The van der Waals surface area contributed by atoms with Crippen LogP contribution >= 0.6 is 0 Å². The highest BCUT2D eigenvalue weighted by atomic mass is 16.2. The highest BCUT2D eigenvalue weighted by Gasteiger charge is 2.32. The van der Waals surface area contributed by atoms with E-state index >= 15 is 0 Å². The molecular formula is C11H14N2O3. The molecule has 0 aromatic carbocycles. The van der Waals surface area contributed by atoms with Crippen LogP contribution in [-0.4, -0.2) is 35.7 Å². The van der Waals surface area contributed by atoms with Crippen molar-refractivity contribution in [3.63, 3.8) is 0 Å². The average molecular weight is 222 g/mol. The maximum Gasteiger partial charge on any atom is 0.253 e. The summed E-state index contributed by atoms with van der Waals surface area (Å²) in [7, 11) is 1.51. The van der Waals surface area contributed by atoms with Gasteiger partial charge in [0.1, 0.15) is 6.04 Å². The minimum absolute atomic E-state index is 0.229. The van der Waals surface area contributed by atoms with Gasteiger partial charge in [0.2, 0.25) is 11.8 Å². The molecule has 1 aliphatic rings. The van der Waals surface area contributed by atoms with E-state index in [1.165, 1.54) is 18.0 Å². The van der Waals surface area contributed by atoms with Crippen molar-refractivity contribution in [3.8, 4) is 0 Å². The van der Waals surface area contributed by atoms with Crippen LogP contribution in [0.3, 0.4) is 0 Å². The van der Waals surface area contributed by atoms with Crippen LogP contribution in [0, 0.1) is 0 Å². The molecule has 1 N–H and O–H groups in total. The number of carbonyl (C=O) groups is 3. The van der Waals surface area contributed by atoms with Crippen molar-refractivity contribution in [2.45, 2.75) is 18.9 Å². The maximum absolute atomic E-state index is 11.7. The van der Waals surface area contributed by atoms with Gasteiger partial charge in [-0.2, -0.15) is 0 Å². The summed E-state index contributed by atoms with van der Waals surface area (Å²) in [5, 5.41) is 2.19. The molecule has 3 amide bonds. The normalized spacial score (nSPS) is 19.9. The Hall–Kier alpha value is -1.91. The molecule has 5 heteroatoms. The molecule has 5 nitrogen and oxygen atoms in total. The minimum atomic E-state index is -0.609. The number of rotatable bonds is 3. The van der Waals surface area contributed by atoms with Crippen molar-refractivity contribution in [2.24, 2.45) is 0 Å². The molecule has 1 unspecified atom stereocenters. The molecule has 0 aromatic rings. The van der Waals surface area contributed by atoms with Gasteiger partial charge in [-0.25, -0.2) is 0 Å². The summed E-state index contributed by atoms with van der Waals surface area (Å²) in [4.78, 5) is 35.4. The first-order chi connectivity index (χ1) is 7.47. The van der Waals surface area contributed by atoms with Gasteiger partial charge in [0.05, 0.1) is 0 Å². The quantitative estimate of drug-likeness (QED) is 0.415. The predicted molar refractivity (Wildman–Crippen MR) is 58.3 cm³/mol. The molecule has 0 aromatic heterocycles. The molecule has 0 spiro atoms. The van der Waals surface area contributed by atoms with Gasteiger partial charge < -0.3 is 4.90 Å². The van der Waals surface area contributed by atoms with Crippen LogP contribution in [0.1, 0.15) is 12.8 Å². The van der Waals surface area contributed by atoms with Crippen LogP contribution < -0.4 is 5.32 Å². The van der Waals surface area contributed by atoms with Crippen molar-refractivity contribution in [1.82, 2.24) is 10.2 Å². The van der Waals surface area contributed by atoms with Crippen LogP contribution in [0.4, 0.5) is 0 Å². The van der Waals surface area contributed by atoms with Crippen LogP contribution in [-0.2, 0) is 14.4 Å². The summed E-state index contributed by atoms with van der Waals surface area (Å²) in [6, 6.07) is -0.609. The van der Waals surface area contributed by atoms with Crippen molar-refractivity contribution in [3.05, 3.63) is 24.8 Å². The molecule has 1 saturated heterocycles. The number of imide groups is 1. The third-order valence-electron chi connectivity index (χ3n) is 2.52. The summed E-state index contributed by atoms with van der Waals surface area (Å²) in [5.74, 6) is -1.10. The van der Waals surface area contributed by atoms with E-state index < -0.39 is 11.9 Å². The van der Waals surface area contributed by atoms with Crippen molar-refractivity contribution in [2.75, 3.05) is 7.05 Å². The van der Waals surface area contributed by atoms with Gasteiger partial charge in [-0.1, -0.05) is 19.2 Å². The number of hydrogen-bond donors (Lipinski definition) is 1. The molecule has 16 heavy (non-hydrogen) atoms. The Morgan fingerprint density at radius 2 is 2.19 bits per heavy atom. The van der Waals surface area contributed by atoms with Gasteiger partial charge >= 0.3 is 0 Å². The third-order valence-corrected chi connectivity index (χ3v) is 2.52. The minimum Gasteiger partial charge on any atom is -0.330 e.